The predicted molar refractivity (Wildman–Crippen MR) is 122 cm³/mol. The minimum absolute atomic E-state index is 0.0416. The van der Waals surface area contributed by atoms with Crippen LogP contribution in [-0.2, 0) is 14.3 Å². The van der Waals surface area contributed by atoms with Crippen LogP contribution in [-0.4, -0.2) is 31.9 Å². The zero-order valence-electron chi connectivity index (χ0n) is 19.7. The molecule has 6 unspecified atom stereocenters. The van der Waals surface area contributed by atoms with E-state index in [4.69, 9.17) is 14.2 Å². The van der Waals surface area contributed by atoms with Gasteiger partial charge in [0.1, 0.15) is 5.75 Å². The topological polar surface area (TPSA) is 44.8 Å². The van der Waals surface area contributed by atoms with Crippen LogP contribution in [0.3, 0.4) is 0 Å². The third-order valence-electron chi connectivity index (χ3n) is 10.4. The number of methoxy groups -OCH3 is 1. The van der Waals surface area contributed by atoms with E-state index in [-0.39, 0.29) is 22.5 Å². The number of allylic oxidation sites excluding steroid dienone is 1. The van der Waals surface area contributed by atoms with Gasteiger partial charge in [-0.2, -0.15) is 0 Å². The van der Waals surface area contributed by atoms with Crippen molar-refractivity contribution in [3.63, 3.8) is 0 Å². The first-order valence-electron chi connectivity index (χ1n) is 12.6. The molecular weight excluding hydrogens is 400 g/mol. The van der Waals surface area contributed by atoms with Crippen molar-refractivity contribution in [3.05, 3.63) is 41.5 Å². The summed E-state index contributed by atoms with van der Waals surface area (Å²) in [7, 11) is 1.71. The summed E-state index contributed by atoms with van der Waals surface area (Å²) in [5.74, 6) is 3.00. The second-order valence-electron chi connectivity index (χ2n) is 11.3. The number of carbonyl (C=O) groups is 1. The molecule has 1 aromatic rings. The van der Waals surface area contributed by atoms with Crippen molar-refractivity contribution in [2.45, 2.75) is 70.5 Å². The largest absolute Gasteiger partial charge is 0.497 e. The average Bonchev–Trinajstić information content (AvgIpc) is 3.40. The van der Waals surface area contributed by atoms with Gasteiger partial charge in [-0.25, -0.2) is 0 Å². The first-order chi connectivity index (χ1) is 15.4. The van der Waals surface area contributed by atoms with E-state index in [0.717, 1.165) is 38.2 Å². The van der Waals surface area contributed by atoms with E-state index in [9.17, 15) is 4.79 Å². The molecule has 0 bridgehead atoms. The molecule has 0 amide bonds. The fourth-order valence-corrected chi connectivity index (χ4v) is 8.83. The van der Waals surface area contributed by atoms with Crippen LogP contribution in [0.4, 0.5) is 0 Å². The van der Waals surface area contributed by atoms with Gasteiger partial charge >= 0.3 is 0 Å². The number of benzene rings is 1. The van der Waals surface area contributed by atoms with Crippen LogP contribution in [0.25, 0.3) is 0 Å². The van der Waals surface area contributed by atoms with Crippen LogP contribution < -0.4 is 4.74 Å². The Morgan fingerprint density at radius 1 is 0.969 bits per heavy atom. The SMILES string of the molecule is COc1ccc(C2CC(=O)C=C3CCC4C(CCC5(C)C4CCC54OCCO4)C32C)cc1. The lowest BCUT2D eigenvalue weighted by Gasteiger charge is -2.60. The Bertz CT molecular complexity index is 943. The number of hydrogen-bond acceptors (Lipinski definition) is 4. The van der Waals surface area contributed by atoms with Crippen molar-refractivity contribution < 1.29 is 19.0 Å². The molecule has 1 saturated heterocycles. The first-order valence-corrected chi connectivity index (χ1v) is 12.6. The van der Waals surface area contributed by atoms with E-state index in [1.54, 1.807) is 7.11 Å². The Labute approximate surface area is 191 Å². The fraction of sp³-hybridized carbons (Fsp3) is 0.679. The maximum atomic E-state index is 12.8. The molecule has 4 heteroatoms. The molecule has 1 aliphatic heterocycles. The molecular formula is C28H36O4. The lowest BCUT2D eigenvalue weighted by molar-refractivity contribution is -0.243. The number of carbonyl (C=O) groups excluding carboxylic acids is 1. The highest BCUT2D eigenvalue weighted by Gasteiger charge is 2.67. The third kappa shape index (κ3) is 2.66. The Morgan fingerprint density at radius 2 is 1.69 bits per heavy atom. The summed E-state index contributed by atoms with van der Waals surface area (Å²) in [6.07, 6.45) is 9.49. The second-order valence-corrected chi connectivity index (χ2v) is 11.3. The number of hydrogen-bond donors (Lipinski definition) is 0. The number of rotatable bonds is 2. The molecule has 4 aliphatic carbocycles. The predicted octanol–water partition coefficient (Wildman–Crippen LogP) is 5.66. The van der Waals surface area contributed by atoms with Crippen LogP contribution in [0.2, 0.25) is 0 Å². The minimum Gasteiger partial charge on any atom is -0.497 e. The van der Waals surface area contributed by atoms with Gasteiger partial charge in [0.15, 0.2) is 11.6 Å². The van der Waals surface area contributed by atoms with Crippen LogP contribution in [0, 0.1) is 28.6 Å². The highest BCUT2D eigenvalue weighted by molar-refractivity contribution is 5.92. The standard InChI is InChI=1S/C28H36O4/c1-26-12-10-24-22(23(26)11-13-28(26)31-14-15-32-28)9-6-19-16-20(29)17-25(27(19,24)2)18-4-7-21(30-3)8-5-18/h4-5,7-8,16,22-25H,6,9-15,17H2,1-3H3. The maximum Gasteiger partial charge on any atom is 0.174 e. The van der Waals surface area contributed by atoms with Gasteiger partial charge in [-0.15, -0.1) is 0 Å². The number of ketones is 1. The van der Waals surface area contributed by atoms with Crippen molar-refractivity contribution in [3.8, 4) is 5.75 Å². The van der Waals surface area contributed by atoms with E-state index >= 15 is 0 Å². The van der Waals surface area contributed by atoms with Gasteiger partial charge in [-0.1, -0.05) is 31.6 Å². The highest BCUT2D eigenvalue weighted by Crippen LogP contribution is 2.70. The van der Waals surface area contributed by atoms with E-state index < -0.39 is 0 Å². The molecule has 0 N–H and O–H groups in total. The molecule has 3 saturated carbocycles. The average molecular weight is 437 g/mol. The van der Waals surface area contributed by atoms with E-state index in [1.165, 1.54) is 30.4 Å². The van der Waals surface area contributed by atoms with Crippen LogP contribution in [0.15, 0.2) is 35.9 Å². The van der Waals surface area contributed by atoms with Crippen LogP contribution in [0.5, 0.6) is 5.75 Å². The van der Waals surface area contributed by atoms with Gasteiger partial charge in [-0.05, 0) is 79.0 Å². The van der Waals surface area contributed by atoms with Crippen molar-refractivity contribution in [1.29, 1.82) is 0 Å². The minimum atomic E-state index is -0.350. The van der Waals surface area contributed by atoms with Crippen LogP contribution >= 0.6 is 0 Å². The summed E-state index contributed by atoms with van der Waals surface area (Å²) in [6, 6.07) is 8.47. The first kappa shape index (κ1) is 20.9. The smallest absolute Gasteiger partial charge is 0.174 e. The molecule has 0 aromatic heterocycles. The normalized spacial score (nSPS) is 42.2. The Kier molecular flexibility index (Phi) is 4.69. The van der Waals surface area contributed by atoms with Crippen molar-refractivity contribution in [2.75, 3.05) is 20.3 Å². The number of fused-ring (bicyclic) bond motifs is 6. The Morgan fingerprint density at radius 3 is 2.41 bits per heavy atom. The molecule has 0 radical (unpaired) electrons. The maximum absolute atomic E-state index is 12.8. The monoisotopic (exact) mass is 436 g/mol. The molecule has 32 heavy (non-hydrogen) atoms. The lowest BCUT2D eigenvalue weighted by Crippen LogP contribution is -2.56. The number of ether oxygens (including phenoxy) is 3. The highest BCUT2D eigenvalue weighted by atomic mass is 16.7. The zero-order valence-corrected chi connectivity index (χ0v) is 19.7. The third-order valence-corrected chi connectivity index (χ3v) is 10.4. The second kappa shape index (κ2) is 7.17. The summed E-state index contributed by atoms with van der Waals surface area (Å²) in [5.41, 5.74) is 2.84. The van der Waals surface area contributed by atoms with Gasteiger partial charge in [0, 0.05) is 24.2 Å². The van der Waals surface area contributed by atoms with E-state index in [0.29, 0.717) is 30.0 Å². The van der Waals surface area contributed by atoms with E-state index in [1.807, 2.05) is 6.08 Å². The Hall–Kier alpha value is -1.65. The van der Waals surface area contributed by atoms with Gasteiger partial charge < -0.3 is 14.2 Å². The van der Waals surface area contributed by atoms with Gasteiger partial charge in [-0.3, -0.25) is 4.79 Å². The van der Waals surface area contributed by atoms with Crippen molar-refractivity contribution in [1.82, 2.24) is 0 Å². The van der Waals surface area contributed by atoms with Crippen molar-refractivity contribution >= 4 is 5.78 Å². The molecule has 4 nitrogen and oxygen atoms in total. The molecule has 6 rings (SSSR count). The summed E-state index contributed by atoms with van der Waals surface area (Å²) in [4.78, 5) is 12.8. The zero-order chi connectivity index (χ0) is 22.1. The van der Waals surface area contributed by atoms with E-state index in [2.05, 4.69) is 38.1 Å². The fourth-order valence-electron chi connectivity index (χ4n) is 8.83. The summed E-state index contributed by atoms with van der Waals surface area (Å²) >= 11 is 0. The summed E-state index contributed by atoms with van der Waals surface area (Å²) in [5, 5.41) is 0. The quantitative estimate of drug-likeness (QED) is 0.600. The van der Waals surface area contributed by atoms with Crippen molar-refractivity contribution in [2.24, 2.45) is 28.6 Å². The molecule has 6 atom stereocenters. The molecule has 1 heterocycles. The molecule has 1 spiro atoms. The molecule has 4 fully saturated rings. The Balaban J connectivity index is 1.38. The molecule has 1 aromatic carbocycles. The van der Waals surface area contributed by atoms with Crippen LogP contribution in [0.1, 0.15) is 70.3 Å². The molecule has 5 aliphatic rings. The van der Waals surface area contributed by atoms with Gasteiger partial charge in [0.05, 0.1) is 20.3 Å². The summed E-state index contributed by atoms with van der Waals surface area (Å²) < 4.78 is 18.0. The van der Waals surface area contributed by atoms with Gasteiger partial charge in [0.2, 0.25) is 0 Å². The summed E-state index contributed by atoms with van der Waals surface area (Å²) in [6.45, 7) is 6.41. The van der Waals surface area contributed by atoms with Gasteiger partial charge in [0.25, 0.3) is 0 Å². The lowest BCUT2D eigenvalue weighted by atomic mass is 9.44. The molecule has 172 valence electrons.